The molecule has 0 saturated carbocycles. The van der Waals surface area contributed by atoms with Crippen LogP contribution in [0.1, 0.15) is 11.1 Å². The summed E-state index contributed by atoms with van der Waals surface area (Å²) in [4.78, 5) is 27.5. The maximum absolute atomic E-state index is 13.8. The van der Waals surface area contributed by atoms with Crippen molar-refractivity contribution in [1.29, 1.82) is 0 Å². The van der Waals surface area contributed by atoms with Crippen LogP contribution in [0.5, 0.6) is 0 Å². The van der Waals surface area contributed by atoms with Crippen molar-refractivity contribution in [3.63, 3.8) is 0 Å². The summed E-state index contributed by atoms with van der Waals surface area (Å²) in [6.45, 7) is 0. The van der Waals surface area contributed by atoms with Gasteiger partial charge in [-0.1, -0.05) is 97.1 Å². The molecule has 6 rings (SSSR count). The number of aromatic amines is 1. The molecule has 0 fully saturated rings. The van der Waals surface area contributed by atoms with Crippen molar-refractivity contribution in [3.05, 3.63) is 148 Å². The predicted octanol–water partition coefficient (Wildman–Crippen LogP) is 5.67. The number of hydrazone groups is 1. The smallest absolute Gasteiger partial charge is 0.281 e. The second-order valence-electron chi connectivity index (χ2n) is 8.57. The van der Waals surface area contributed by atoms with E-state index in [4.69, 9.17) is 5.10 Å². The van der Waals surface area contributed by atoms with E-state index >= 15 is 0 Å². The zero-order valence-corrected chi connectivity index (χ0v) is 19.8. The molecule has 0 bridgehead atoms. The van der Waals surface area contributed by atoms with Gasteiger partial charge in [-0.25, -0.2) is 4.68 Å². The summed E-state index contributed by atoms with van der Waals surface area (Å²) in [6.07, 6.45) is 1.66. The predicted molar refractivity (Wildman–Crippen MR) is 147 cm³/mol. The maximum Gasteiger partial charge on any atom is 0.281 e. The Morgan fingerprint density at radius 2 is 1.14 bits per heavy atom. The van der Waals surface area contributed by atoms with Gasteiger partial charge in [-0.2, -0.15) is 10.1 Å². The number of amides is 1. The number of rotatable bonds is 5. The first-order valence-electron chi connectivity index (χ1n) is 11.9. The number of anilines is 1. The third kappa shape index (κ3) is 4.10. The second-order valence-corrected chi connectivity index (χ2v) is 8.57. The van der Waals surface area contributed by atoms with E-state index in [1.165, 1.54) is 9.69 Å². The Hall–Kier alpha value is -5.23. The lowest BCUT2D eigenvalue weighted by molar-refractivity contribution is -0.114. The third-order valence-corrected chi connectivity index (χ3v) is 6.22. The van der Waals surface area contributed by atoms with Crippen LogP contribution in [0.25, 0.3) is 23.0 Å². The summed E-state index contributed by atoms with van der Waals surface area (Å²) in [5, 5.41) is 9.35. The number of hydrogen-bond donors (Lipinski definition) is 1. The number of nitrogens with one attached hydrogen (secondary N) is 1. The van der Waals surface area contributed by atoms with Gasteiger partial charge in [0.25, 0.3) is 11.5 Å². The van der Waals surface area contributed by atoms with E-state index < -0.39 is 0 Å². The molecule has 6 nitrogen and oxygen atoms in total. The van der Waals surface area contributed by atoms with Crippen LogP contribution in [0.3, 0.4) is 0 Å². The topological polar surface area (TPSA) is 70.5 Å². The summed E-state index contributed by atoms with van der Waals surface area (Å²) in [5.41, 5.74) is 4.61. The van der Waals surface area contributed by atoms with Crippen molar-refractivity contribution < 1.29 is 4.79 Å². The summed E-state index contributed by atoms with van der Waals surface area (Å²) in [6, 6.07) is 37.8. The molecule has 0 unspecified atom stereocenters. The molecule has 0 spiro atoms. The van der Waals surface area contributed by atoms with Crippen molar-refractivity contribution in [2.75, 3.05) is 5.01 Å². The zero-order valence-electron chi connectivity index (χ0n) is 19.8. The molecule has 0 atom stereocenters. The Balaban J connectivity index is 1.57. The van der Waals surface area contributed by atoms with Gasteiger partial charge in [0.05, 0.1) is 28.2 Å². The molecule has 5 aromatic rings. The van der Waals surface area contributed by atoms with E-state index in [1.807, 2.05) is 121 Å². The number of hydrogen-bond acceptors (Lipinski definition) is 3. The van der Waals surface area contributed by atoms with E-state index in [2.05, 4.69) is 5.10 Å². The molecule has 2 heterocycles. The fourth-order valence-electron chi connectivity index (χ4n) is 4.41. The van der Waals surface area contributed by atoms with E-state index in [0.717, 1.165) is 11.1 Å². The van der Waals surface area contributed by atoms with Crippen molar-refractivity contribution in [2.24, 2.45) is 5.10 Å². The van der Waals surface area contributed by atoms with Crippen molar-refractivity contribution in [3.8, 4) is 16.9 Å². The average molecular weight is 483 g/mol. The van der Waals surface area contributed by atoms with Crippen molar-refractivity contribution in [1.82, 2.24) is 9.78 Å². The average Bonchev–Trinajstić information content (AvgIpc) is 3.47. The van der Waals surface area contributed by atoms with Crippen LogP contribution in [0.15, 0.2) is 137 Å². The Kier molecular flexibility index (Phi) is 5.67. The van der Waals surface area contributed by atoms with Gasteiger partial charge in [-0.15, -0.1) is 0 Å². The fourth-order valence-corrected chi connectivity index (χ4v) is 4.41. The van der Waals surface area contributed by atoms with Crippen LogP contribution in [0.2, 0.25) is 0 Å². The fraction of sp³-hybridized carbons (Fsp3) is 0. The molecule has 1 aliphatic heterocycles. The molecule has 37 heavy (non-hydrogen) atoms. The SMILES string of the molecule is O=C1/C(=C\c2c(-c3ccccc3)[nH]n(-c3ccccc3)c2=O)C(c2ccccc2)=NN1c1ccccc1. The van der Waals surface area contributed by atoms with E-state index in [0.29, 0.717) is 33.9 Å². The Labute approximate surface area is 213 Å². The third-order valence-electron chi connectivity index (χ3n) is 6.22. The molecule has 0 aliphatic carbocycles. The molecule has 1 amide bonds. The Bertz CT molecular complexity index is 1680. The number of para-hydroxylation sites is 2. The Morgan fingerprint density at radius 1 is 0.622 bits per heavy atom. The lowest BCUT2D eigenvalue weighted by atomic mass is 9.99. The molecular weight excluding hydrogens is 460 g/mol. The second kappa shape index (κ2) is 9.43. The first-order chi connectivity index (χ1) is 18.2. The van der Waals surface area contributed by atoms with Gasteiger partial charge in [0.15, 0.2) is 0 Å². The highest BCUT2D eigenvalue weighted by Gasteiger charge is 2.33. The van der Waals surface area contributed by atoms with Crippen molar-refractivity contribution >= 4 is 23.4 Å². The van der Waals surface area contributed by atoms with Crippen LogP contribution in [-0.2, 0) is 4.79 Å². The molecule has 6 heteroatoms. The first kappa shape index (κ1) is 22.2. The van der Waals surface area contributed by atoms with Gasteiger partial charge in [-0.05, 0) is 30.3 Å². The number of carbonyl (C=O) groups excluding carboxylic acids is 1. The molecule has 178 valence electrons. The largest absolute Gasteiger partial charge is 0.290 e. The van der Waals surface area contributed by atoms with E-state index in [9.17, 15) is 9.59 Å². The van der Waals surface area contributed by atoms with Gasteiger partial charge in [-0.3, -0.25) is 14.7 Å². The number of nitrogens with zero attached hydrogens (tertiary/aromatic N) is 3. The normalized spacial score (nSPS) is 14.3. The molecule has 1 N–H and O–H groups in total. The molecule has 0 radical (unpaired) electrons. The van der Waals surface area contributed by atoms with Crippen LogP contribution in [-0.4, -0.2) is 21.4 Å². The van der Waals surface area contributed by atoms with Crippen LogP contribution in [0, 0.1) is 0 Å². The molecule has 0 saturated heterocycles. The minimum absolute atomic E-state index is 0.254. The minimum atomic E-state index is -0.295. The monoisotopic (exact) mass is 482 g/mol. The van der Waals surface area contributed by atoms with Crippen LogP contribution < -0.4 is 10.6 Å². The number of aromatic nitrogens is 2. The van der Waals surface area contributed by atoms with Crippen LogP contribution in [0.4, 0.5) is 5.69 Å². The number of H-pyrrole nitrogens is 1. The molecule has 1 aromatic heterocycles. The lowest BCUT2D eigenvalue weighted by Crippen LogP contribution is -2.22. The van der Waals surface area contributed by atoms with E-state index in [1.54, 1.807) is 6.08 Å². The highest BCUT2D eigenvalue weighted by atomic mass is 16.2. The standard InChI is InChI=1S/C31H22N4O2/c36-30-26(28(22-13-5-1-6-14-22)32-34(30)24-17-9-3-10-18-24)21-27-29(23-15-7-2-8-16-23)33-35(31(27)37)25-19-11-4-12-20-25/h1-21,32H/b27-21-. The van der Waals surface area contributed by atoms with Gasteiger partial charge < -0.3 is 0 Å². The summed E-state index contributed by atoms with van der Waals surface area (Å²) in [7, 11) is 0. The molecular formula is C31H22N4O2. The first-order valence-corrected chi connectivity index (χ1v) is 11.9. The minimum Gasteiger partial charge on any atom is -0.290 e. The van der Waals surface area contributed by atoms with E-state index in [-0.39, 0.29) is 11.5 Å². The lowest BCUT2D eigenvalue weighted by Gasteiger charge is -2.10. The summed E-state index contributed by atoms with van der Waals surface area (Å²) in [5.74, 6) is -0.295. The number of benzene rings is 4. The number of carbonyl (C=O) groups is 1. The van der Waals surface area contributed by atoms with Gasteiger partial charge in [0.2, 0.25) is 0 Å². The zero-order chi connectivity index (χ0) is 25.2. The molecule has 4 aromatic carbocycles. The summed E-state index contributed by atoms with van der Waals surface area (Å²) < 4.78 is 1.50. The molecule has 1 aliphatic rings. The Morgan fingerprint density at radius 3 is 1.73 bits per heavy atom. The highest BCUT2D eigenvalue weighted by Crippen LogP contribution is 2.29. The van der Waals surface area contributed by atoms with Crippen molar-refractivity contribution in [2.45, 2.75) is 0 Å². The van der Waals surface area contributed by atoms with Gasteiger partial charge in [0.1, 0.15) is 5.71 Å². The van der Waals surface area contributed by atoms with Gasteiger partial charge >= 0.3 is 0 Å². The quantitative estimate of drug-likeness (QED) is 0.328. The van der Waals surface area contributed by atoms with Crippen LogP contribution >= 0.6 is 0 Å². The maximum atomic E-state index is 13.8. The van der Waals surface area contributed by atoms with Gasteiger partial charge in [0, 0.05) is 11.1 Å². The highest BCUT2D eigenvalue weighted by molar-refractivity contribution is 6.37. The summed E-state index contributed by atoms with van der Waals surface area (Å²) >= 11 is 0.